The van der Waals surface area contributed by atoms with Gasteiger partial charge in [0.25, 0.3) is 0 Å². The minimum atomic E-state index is -3.50. The molecule has 7 heteroatoms. The molecule has 2 atom stereocenters. The third-order valence-electron chi connectivity index (χ3n) is 3.28. The van der Waals surface area contributed by atoms with Crippen molar-refractivity contribution in [2.75, 3.05) is 20.2 Å². The highest BCUT2D eigenvalue weighted by Gasteiger charge is 2.36. The molecule has 0 bridgehead atoms. The van der Waals surface area contributed by atoms with Crippen molar-refractivity contribution >= 4 is 16.0 Å². The molecule has 6 nitrogen and oxygen atoms in total. The van der Waals surface area contributed by atoms with Crippen LogP contribution in [0.15, 0.2) is 30.3 Å². The van der Waals surface area contributed by atoms with Gasteiger partial charge in [0.2, 0.25) is 10.0 Å². The second kappa shape index (κ2) is 6.55. The zero-order valence-electron chi connectivity index (χ0n) is 12.1. The Kier molecular flexibility index (Phi) is 4.97. The first-order valence-corrected chi connectivity index (χ1v) is 8.28. The number of hydrogen-bond donors (Lipinski definition) is 0. The molecule has 0 radical (unpaired) electrons. The predicted octanol–water partition coefficient (Wildman–Crippen LogP) is 0.779. The van der Waals surface area contributed by atoms with E-state index in [9.17, 15) is 13.2 Å². The van der Waals surface area contributed by atoms with Gasteiger partial charge in [-0.1, -0.05) is 30.3 Å². The Morgan fingerprint density at radius 2 is 2.00 bits per heavy atom. The van der Waals surface area contributed by atoms with Crippen LogP contribution in [0.2, 0.25) is 0 Å². The Morgan fingerprint density at radius 3 is 2.62 bits per heavy atom. The number of benzene rings is 1. The summed E-state index contributed by atoms with van der Waals surface area (Å²) >= 11 is 0. The minimum absolute atomic E-state index is 0.00776. The van der Waals surface area contributed by atoms with Gasteiger partial charge in [-0.3, -0.25) is 0 Å². The van der Waals surface area contributed by atoms with Gasteiger partial charge < -0.3 is 9.47 Å². The molecule has 116 valence electrons. The van der Waals surface area contributed by atoms with Crippen LogP contribution >= 0.6 is 0 Å². The van der Waals surface area contributed by atoms with E-state index in [1.807, 2.05) is 6.07 Å². The van der Waals surface area contributed by atoms with Gasteiger partial charge in [-0.05, 0) is 12.5 Å². The molecule has 0 N–H and O–H groups in total. The minimum Gasteiger partial charge on any atom is -0.467 e. The Hall–Kier alpha value is -1.44. The van der Waals surface area contributed by atoms with Gasteiger partial charge >= 0.3 is 5.97 Å². The van der Waals surface area contributed by atoms with E-state index >= 15 is 0 Å². The lowest BCUT2D eigenvalue weighted by atomic mass is 10.2. The van der Waals surface area contributed by atoms with Crippen LogP contribution in [0.4, 0.5) is 0 Å². The molecule has 0 spiro atoms. The van der Waals surface area contributed by atoms with Gasteiger partial charge in [0.1, 0.15) is 0 Å². The van der Waals surface area contributed by atoms with Crippen molar-refractivity contribution in [2.24, 2.45) is 0 Å². The van der Waals surface area contributed by atoms with Crippen molar-refractivity contribution in [2.45, 2.75) is 24.9 Å². The maximum atomic E-state index is 12.5. The third-order valence-corrected chi connectivity index (χ3v) is 5.06. The van der Waals surface area contributed by atoms with E-state index in [1.165, 1.54) is 11.4 Å². The average Bonchev–Trinajstić information content (AvgIpc) is 2.46. The van der Waals surface area contributed by atoms with E-state index in [4.69, 9.17) is 4.74 Å². The number of esters is 1. The van der Waals surface area contributed by atoms with Crippen molar-refractivity contribution in [1.82, 2.24) is 4.31 Å². The highest BCUT2D eigenvalue weighted by Crippen LogP contribution is 2.18. The summed E-state index contributed by atoms with van der Waals surface area (Å²) in [6.45, 7) is 1.97. The summed E-state index contributed by atoms with van der Waals surface area (Å²) in [6, 6.07) is 8.95. The lowest BCUT2D eigenvalue weighted by Crippen LogP contribution is -2.52. The van der Waals surface area contributed by atoms with Crippen LogP contribution in [0, 0.1) is 0 Å². The molecule has 1 aliphatic heterocycles. The maximum Gasteiger partial charge on any atom is 0.336 e. The first-order valence-electron chi connectivity index (χ1n) is 6.67. The van der Waals surface area contributed by atoms with Crippen LogP contribution in [0.5, 0.6) is 0 Å². The van der Waals surface area contributed by atoms with E-state index in [2.05, 4.69) is 4.74 Å². The van der Waals surface area contributed by atoms with Gasteiger partial charge in [-0.2, -0.15) is 4.31 Å². The molecule has 0 saturated carbocycles. The number of hydrogen-bond acceptors (Lipinski definition) is 5. The van der Waals surface area contributed by atoms with Crippen LogP contribution in [0.25, 0.3) is 0 Å². The second-order valence-electron chi connectivity index (χ2n) is 5.02. The Bertz CT molecular complexity index is 587. The van der Waals surface area contributed by atoms with E-state index in [-0.39, 0.29) is 24.9 Å². The summed E-state index contributed by atoms with van der Waals surface area (Å²) in [5.41, 5.74) is 0.714. The maximum absolute atomic E-state index is 12.5. The van der Waals surface area contributed by atoms with Crippen molar-refractivity contribution < 1.29 is 22.7 Å². The molecule has 1 fully saturated rings. The molecule has 0 aromatic heterocycles. The number of rotatable bonds is 4. The van der Waals surface area contributed by atoms with E-state index < -0.39 is 22.1 Å². The number of sulfonamides is 1. The number of nitrogens with zero attached hydrogens (tertiary/aromatic N) is 1. The summed E-state index contributed by atoms with van der Waals surface area (Å²) in [5.74, 6) is -0.643. The Labute approximate surface area is 124 Å². The fourth-order valence-corrected chi connectivity index (χ4v) is 3.87. The highest BCUT2D eigenvalue weighted by atomic mass is 32.2. The summed E-state index contributed by atoms with van der Waals surface area (Å²) in [6.07, 6.45) is -1.22. The first kappa shape index (κ1) is 15.9. The number of carbonyl (C=O) groups excluding carboxylic acids is 1. The van der Waals surface area contributed by atoms with Crippen LogP contribution < -0.4 is 0 Å². The molecule has 0 amide bonds. The second-order valence-corrected chi connectivity index (χ2v) is 6.99. The Balaban J connectivity index is 2.13. The van der Waals surface area contributed by atoms with Crippen LogP contribution in [-0.4, -0.2) is 51.1 Å². The summed E-state index contributed by atoms with van der Waals surface area (Å²) in [7, 11) is -2.24. The van der Waals surface area contributed by atoms with Crippen LogP contribution in [-0.2, 0) is 30.0 Å². The molecular formula is C14H19NO5S. The zero-order valence-corrected chi connectivity index (χ0v) is 12.9. The molecule has 2 rings (SSSR count). The number of morpholine rings is 1. The van der Waals surface area contributed by atoms with E-state index in [0.717, 1.165) is 0 Å². The normalized spacial score (nSPS) is 23.7. The predicted molar refractivity (Wildman–Crippen MR) is 77.0 cm³/mol. The van der Waals surface area contributed by atoms with Crippen molar-refractivity contribution in [3.05, 3.63) is 35.9 Å². The summed E-state index contributed by atoms with van der Waals surface area (Å²) in [4.78, 5) is 11.6. The van der Waals surface area contributed by atoms with Crippen molar-refractivity contribution in [1.29, 1.82) is 0 Å². The lowest BCUT2D eigenvalue weighted by molar-refractivity contribution is -0.162. The summed E-state index contributed by atoms with van der Waals surface area (Å²) in [5, 5.41) is 0. The van der Waals surface area contributed by atoms with Gasteiger partial charge in [0.05, 0.1) is 25.5 Å². The zero-order chi connectivity index (χ0) is 15.5. The quantitative estimate of drug-likeness (QED) is 0.768. The van der Waals surface area contributed by atoms with Gasteiger partial charge in [0, 0.05) is 6.54 Å². The number of carbonyl (C=O) groups is 1. The molecule has 1 aromatic rings. The van der Waals surface area contributed by atoms with Gasteiger partial charge in [0.15, 0.2) is 6.10 Å². The van der Waals surface area contributed by atoms with Gasteiger partial charge in [-0.25, -0.2) is 13.2 Å². The third kappa shape index (κ3) is 4.03. The van der Waals surface area contributed by atoms with Gasteiger partial charge in [-0.15, -0.1) is 0 Å². The smallest absolute Gasteiger partial charge is 0.336 e. The van der Waals surface area contributed by atoms with E-state index in [0.29, 0.717) is 5.56 Å². The summed E-state index contributed by atoms with van der Waals surface area (Å²) < 4.78 is 36.3. The topological polar surface area (TPSA) is 72.9 Å². The first-order chi connectivity index (χ1) is 9.92. The average molecular weight is 313 g/mol. The van der Waals surface area contributed by atoms with Crippen LogP contribution in [0.1, 0.15) is 12.5 Å². The molecule has 21 heavy (non-hydrogen) atoms. The Morgan fingerprint density at radius 1 is 1.33 bits per heavy atom. The monoisotopic (exact) mass is 313 g/mol. The molecule has 0 aliphatic carbocycles. The molecule has 1 aromatic carbocycles. The number of methoxy groups -OCH3 is 1. The van der Waals surface area contributed by atoms with Crippen LogP contribution in [0.3, 0.4) is 0 Å². The van der Waals surface area contributed by atoms with E-state index in [1.54, 1.807) is 31.2 Å². The number of ether oxygens (including phenoxy) is 2. The SMILES string of the molecule is COC(=O)[C@H]1CN(S(=O)(=O)Cc2ccccc2)C[C@@H](C)O1. The molecule has 1 heterocycles. The fraction of sp³-hybridized carbons (Fsp3) is 0.500. The largest absolute Gasteiger partial charge is 0.467 e. The van der Waals surface area contributed by atoms with Crippen molar-refractivity contribution in [3.63, 3.8) is 0 Å². The highest BCUT2D eigenvalue weighted by molar-refractivity contribution is 7.88. The molecule has 1 aliphatic rings. The molecular weight excluding hydrogens is 294 g/mol. The molecule has 0 unspecified atom stereocenters. The fourth-order valence-electron chi connectivity index (χ4n) is 2.28. The lowest BCUT2D eigenvalue weighted by Gasteiger charge is -2.34. The van der Waals surface area contributed by atoms with Crippen molar-refractivity contribution in [3.8, 4) is 0 Å². The molecule has 1 saturated heterocycles. The standard InChI is InChI=1S/C14H19NO5S/c1-11-8-15(9-13(20-11)14(16)19-2)21(17,18)10-12-6-4-3-5-7-12/h3-7,11,13H,8-10H2,1-2H3/t11-,13-/m1/s1.